The second kappa shape index (κ2) is 5.66. The average Bonchev–Trinajstić information content (AvgIpc) is 2.48. The number of fused-ring (bicyclic) bond motifs is 1. The third-order valence-corrected chi connectivity index (χ3v) is 4.52. The number of ketones is 1. The molecule has 108 valence electrons. The van der Waals surface area contributed by atoms with Crippen molar-refractivity contribution in [1.82, 2.24) is 0 Å². The van der Waals surface area contributed by atoms with Crippen LogP contribution in [0.25, 0.3) is 0 Å². The van der Waals surface area contributed by atoms with Crippen LogP contribution >= 0.6 is 0 Å². The summed E-state index contributed by atoms with van der Waals surface area (Å²) in [5.41, 5.74) is 1.88. The zero-order valence-electron chi connectivity index (χ0n) is 12.1. The SMILES string of the molecule is CC1(C(=O)CC2OCCc3ccccc32)CCCCO1. The molecule has 1 aromatic rings. The molecule has 2 heterocycles. The standard InChI is InChI=1S/C17H22O3/c1-17(9-4-5-10-20-17)16(18)12-15-14-7-3-2-6-13(14)8-11-19-15/h2-3,6-7,15H,4-5,8-12H2,1H3. The van der Waals surface area contributed by atoms with Gasteiger partial charge in [0.1, 0.15) is 5.60 Å². The van der Waals surface area contributed by atoms with Crippen LogP contribution in [0.3, 0.4) is 0 Å². The van der Waals surface area contributed by atoms with Crippen molar-refractivity contribution in [1.29, 1.82) is 0 Å². The predicted molar refractivity (Wildman–Crippen MR) is 76.7 cm³/mol. The zero-order valence-corrected chi connectivity index (χ0v) is 12.1. The predicted octanol–water partition coefficient (Wildman–Crippen LogP) is 3.22. The van der Waals surface area contributed by atoms with Crippen LogP contribution in [0.5, 0.6) is 0 Å². The summed E-state index contributed by atoms with van der Waals surface area (Å²) in [6.07, 6.45) is 4.23. The summed E-state index contributed by atoms with van der Waals surface area (Å²) in [6, 6.07) is 8.28. The Morgan fingerprint density at radius 3 is 2.95 bits per heavy atom. The number of rotatable bonds is 3. The molecule has 0 aliphatic carbocycles. The summed E-state index contributed by atoms with van der Waals surface area (Å²) in [7, 11) is 0. The normalized spacial score (nSPS) is 29.8. The molecular formula is C17H22O3. The molecule has 0 spiro atoms. The van der Waals surface area contributed by atoms with Crippen molar-refractivity contribution in [2.24, 2.45) is 0 Å². The summed E-state index contributed by atoms with van der Waals surface area (Å²) < 4.78 is 11.6. The molecule has 3 heteroatoms. The Morgan fingerprint density at radius 2 is 2.15 bits per heavy atom. The fourth-order valence-corrected chi connectivity index (χ4v) is 3.18. The molecule has 2 aliphatic heterocycles. The van der Waals surface area contributed by atoms with Gasteiger partial charge in [0, 0.05) is 13.0 Å². The maximum absolute atomic E-state index is 12.6. The number of Topliss-reactive ketones (excluding diaryl/α,β-unsaturated/α-hetero) is 1. The minimum atomic E-state index is -0.603. The van der Waals surface area contributed by atoms with Gasteiger partial charge in [-0.05, 0) is 43.7 Å². The molecule has 2 unspecified atom stereocenters. The van der Waals surface area contributed by atoms with E-state index in [9.17, 15) is 4.79 Å². The average molecular weight is 274 g/mol. The molecule has 2 atom stereocenters. The van der Waals surface area contributed by atoms with Gasteiger partial charge in [0.25, 0.3) is 0 Å². The van der Waals surface area contributed by atoms with Gasteiger partial charge in [-0.1, -0.05) is 24.3 Å². The third kappa shape index (κ3) is 2.65. The largest absolute Gasteiger partial charge is 0.373 e. The first-order valence-corrected chi connectivity index (χ1v) is 7.56. The van der Waals surface area contributed by atoms with Gasteiger partial charge in [-0.15, -0.1) is 0 Å². The second-order valence-corrected chi connectivity index (χ2v) is 5.97. The van der Waals surface area contributed by atoms with Gasteiger partial charge < -0.3 is 9.47 Å². The van der Waals surface area contributed by atoms with Crippen LogP contribution in [0.2, 0.25) is 0 Å². The maximum Gasteiger partial charge on any atom is 0.167 e. The quantitative estimate of drug-likeness (QED) is 0.849. The highest BCUT2D eigenvalue weighted by atomic mass is 16.5. The summed E-state index contributed by atoms with van der Waals surface area (Å²) in [5, 5.41) is 0. The van der Waals surface area contributed by atoms with Crippen LogP contribution in [0.1, 0.15) is 49.8 Å². The highest BCUT2D eigenvalue weighted by Crippen LogP contribution is 2.34. The van der Waals surface area contributed by atoms with E-state index in [0.29, 0.717) is 19.6 Å². The van der Waals surface area contributed by atoms with E-state index in [4.69, 9.17) is 9.47 Å². The molecule has 0 radical (unpaired) electrons. The minimum absolute atomic E-state index is 0.102. The molecule has 20 heavy (non-hydrogen) atoms. The zero-order chi connectivity index (χ0) is 14.0. The topological polar surface area (TPSA) is 35.5 Å². The number of carbonyl (C=O) groups excluding carboxylic acids is 1. The van der Waals surface area contributed by atoms with E-state index in [0.717, 1.165) is 25.7 Å². The Kier molecular flexibility index (Phi) is 3.90. The van der Waals surface area contributed by atoms with Gasteiger partial charge in [-0.25, -0.2) is 0 Å². The first-order chi connectivity index (χ1) is 9.69. The Hall–Kier alpha value is -1.19. The lowest BCUT2D eigenvalue weighted by molar-refractivity contribution is -0.151. The van der Waals surface area contributed by atoms with Crippen LogP contribution in [0, 0.1) is 0 Å². The van der Waals surface area contributed by atoms with Crippen molar-refractivity contribution in [3.05, 3.63) is 35.4 Å². The molecule has 1 fully saturated rings. The maximum atomic E-state index is 12.6. The van der Waals surface area contributed by atoms with Crippen molar-refractivity contribution in [3.8, 4) is 0 Å². The molecule has 3 nitrogen and oxygen atoms in total. The van der Waals surface area contributed by atoms with E-state index >= 15 is 0 Å². The van der Waals surface area contributed by atoms with Crippen LogP contribution in [0.15, 0.2) is 24.3 Å². The minimum Gasteiger partial charge on any atom is -0.373 e. The highest BCUT2D eigenvalue weighted by molar-refractivity contribution is 5.87. The van der Waals surface area contributed by atoms with Gasteiger partial charge in [-0.3, -0.25) is 4.79 Å². The van der Waals surface area contributed by atoms with Crippen molar-refractivity contribution in [3.63, 3.8) is 0 Å². The van der Waals surface area contributed by atoms with Gasteiger partial charge in [0.05, 0.1) is 12.7 Å². The van der Waals surface area contributed by atoms with Gasteiger partial charge in [0.15, 0.2) is 5.78 Å². The van der Waals surface area contributed by atoms with E-state index in [-0.39, 0.29) is 11.9 Å². The van der Waals surface area contributed by atoms with E-state index in [1.807, 2.05) is 13.0 Å². The molecule has 0 saturated carbocycles. The Bertz CT molecular complexity index is 489. The molecular weight excluding hydrogens is 252 g/mol. The van der Waals surface area contributed by atoms with Crippen molar-refractivity contribution >= 4 is 5.78 Å². The van der Waals surface area contributed by atoms with Crippen molar-refractivity contribution < 1.29 is 14.3 Å². The Labute approximate surface area is 120 Å². The first kappa shape index (κ1) is 13.8. The number of ether oxygens (including phenoxy) is 2. The monoisotopic (exact) mass is 274 g/mol. The number of benzene rings is 1. The summed E-state index contributed by atoms with van der Waals surface area (Å²) >= 11 is 0. The van der Waals surface area contributed by atoms with E-state index < -0.39 is 5.60 Å². The van der Waals surface area contributed by atoms with Gasteiger partial charge in [0.2, 0.25) is 0 Å². The Balaban J connectivity index is 1.74. The first-order valence-electron chi connectivity index (χ1n) is 7.56. The van der Waals surface area contributed by atoms with Crippen molar-refractivity contribution in [2.45, 2.75) is 50.7 Å². The van der Waals surface area contributed by atoms with Crippen LogP contribution < -0.4 is 0 Å². The smallest absolute Gasteiger partial charge is 0.167 e. The lowest BCUT2D eigenvalue weighted by Crippen LogP contribution is -2.42. The Morgan fingerprint density at radius 1 is 1.30 bits per heavy atom. The highest BCUT2D eigenvalue weighted by Gasteiger charge is 2.37. The molecule has 0 amide bonds. The molecule has 3 rings (SSSR count). The van der Waals surface area contributed by atoms with Crippen molar-refractivity contribution in [2.75, 3.05) is 13.2 Å². The molecule has 1 aromatic carbocycles. The van der Waals surface area contributed by atoms with Gasteiger partial charge >= 0.3 is 0 Å². The lowest BCUT2D eigenvalue weighted by Gasteiger charge is -2.34. The van der Waals surface area contributed by atoms with E-state index in [1.54, 1.807) is 0 Å². The number of hydrogen-bond donors (Lipinski definition) is 0. The van der Waals surface area contributed by atoms with Crippen LogP contribution in [0.4, 0.5) is 0 Å². The third-order valence-electron chi connectivity index (χ3n) is 4.52. The number of carbonyl (C=O) groups is 1. The molecule has 0 aromatic heterocycles. The van der Waals surface area contributed by atoms with Gasteiger partial charge in [-0.2, -0.15) is 0 Å². The fourth-order valence-electron chi connectivity index (χ4n) is 3.18. The van der Waals surface area contributed by atoms with Crippen LogP contribution in [-0.2, 0) is 20.7 Å². The molecule has 0 N–H and O–H groups in total. The summed E-state index contributed by atoms with van der Waals surface area (Å²) in [6.45, 7) is 3.33. The fraction of sp³-hybridized carbons (Fsp3) is 0.588. The van der Waals surface area contributed by atoms with E-state index in [2.05, 4.69) is 18.2 Å². The molecule has 0 bridgehead atoms. The molecule has 2 aliphatic rings. The van der Waals surface area contributed by atoms with Crippen LogP contribution in [-0.4, -0.2) is 24.6 Å². The molecule has 1 saturated heterocycles. The number of hydrogen-bond acceptors (Lipinski definition) is 3. The lowest BCUT2D eigenvalue weighted by atomic mass is 9.86. The summed E-state index contributed by atoms with van der Waals surface area (Å²) in [5.74, 6) is 0.180. The second-order valence-electron chi connectivity index (χ2n) is 5.97. The summed E-state index contributed by atoms with van der Waals surface area (Å²) in [4.78, 5) is 12.6. The van der Waals surface area contributed by atoms with E-state index in [1.165, 1.54) is 11.1 Å².